The first-order valence-corrected chi connectivity index (χ1v) is 7.11. The number of carbonyl (C=O) groups is 1. The van der Waals surface area contributed by atoms with E-state index in [0.717, 1.165) is 19.4 Å². The zero-order chi connectivity index (χ0) is 13.2. The fourth-order valence-corrected chi connectivity index (χ4v) is 3.43. The van der Waals surface area contributed by atoms with Crippen LogP contribution in [0.2, 0.25) is 0 Å². The first-order valence-electron chi connectivity index (χ1n) is 7.11. The third-order valence-electron chi connectivity index (χ3n) is 4.32. The third-order valence-corrected chi connectivity index (χ3v) is 4.32. The zero-order valence-electron chi connectivity index (χ0n) is 11.2. The van der Waals surface area contributed by atoms with Gasteiger partial charge in [-0.25, -0.2) is 0 Å². The Morgan fingerprint density at radius 3 is 2.68 bits per heavy atom. The second-order valence-corrected chi connectivity index (χ2v) is 5.49. The van der Waals surface area contributed by atoms with E-state index in [1.165, 1.54) is 12.8 Å². The number of carbonyl (C=O) groups excluding carboxylic acids is 1. The van der Waals surface area contributed by atoms with Gasteiger partial charge in [-0.3, -0.25) is 4.79 Å². The van der Waals surface area contributed by atoms with Crippen molar-refractivity contribution < 1.29 is 4.79 Å². The second-order valence-electron chi connectivity index (χ2n) is 5.49. The molecule has 2 fully saturated rings. The lowest BCUT2D eigenvalue weighted by atomic mass is 9.97. The Kier molecular flexibility index (Phi) is 3.46. The van der Waals surface area contributed by atoms with Crippen molar-refractivity contribution in [3.63, 3.8) is 0 Å². The van der Waals surface area contributed by atoms with Crippen LogP contribution in [-0.2, 0) is 0 Å². The largest absolute Gasteiger partial charge is 0.336 e. The third kappa shape index (κ3) is 2.47. The van der Waals surface area contributed by atoms with Crippen LogP contribution in [0.15, 0.2) is 18.5 Å². The molecule has 2 saturated heterocycles. The molecule has 3 rings (SSSR count). The molecule has 2 aliphatic heterocycles. The first kappa shape index (κ1) is 12.5. The lowest BCUT2D eigenvalue weighted by molar-refractivity contribution is 0.0630. The number of fused-ring (bicyclic) bond motifs is 2. The summed E-state index contributed by atoms with van der Waals surface area (Å²) in [6, 6.07) is 3.31. The number of aromatic nitrogens is 2. The molecule has 102 valence electrons. The van der Waals surface area contributed by atoms with Gasteiger partial charge in [0.1, 0.15) is 0 Å². The maximum atomic E-state index is 12.5. The van der Waals surface area contributed by atoms with Crippen LogP contribution in [0.4, 0.5) is 0 Å². The van der Waals surface area contributed by atoms with Crippen molar-refractivity contribution in [3.05, 3.63) is 24.0 Å². The van der Waals surface area contributed by atoms with Gasteiger partial charge >= 0.3 is 0 Å². The summed E-state index contributed by atoms with van der Waals surface area (Å²) in [5.41, 5.74) is 0.641. The van der Waals surface area contributed by atoms with Crippen LogP contribution in [0.25, 0.3) is 0 Å². The topological polar surface area (TPSA) is 58.1 Å². The quantitative estimate of drug-likeness (QED) is 0.888. The summed E-state index contributed by atoms with van der Waals surface area (Å²) >= 11 is 0. The normalized spacial score (nSPS) is 29.2. The van der Waals surface area contributed by atoms with Crippen molar-refractivity contribution in [2.24, 2.45) is 0 Å². The van der Waals surface area contributed by atoms with Crippen LogP contribution < -0.4 is 5.32 Å². The first-order chi connectivity index (χ1) is 9.28. The average Bonchev–Trinajstić information content (AvgIpc) is 2.79. The van der Waals surface area contributed by atoms with E-state index in [1.54, 1.807) is 18.5 Å². The predicted octanol–water partition coefficient (Wildman–Crippen LogP) is 1.22. The Hall–Kier alpha value is -1.49. The molecule has 1 aromatic rings. The van der Waals surface area contributed by atoms with Crippen LogP contribution in [0.5, 0.6) is 0 Å². The summed E-state index contributed by atoms with van der Waals surface area (Å²) in [6.07, 6.45) is 7.80. The summed E-state index contributed by atoms with van der Waals surface area (Å²) in [5.74, 6) is 0.0868. The van der Waals surface area contributed by atoms with Crippen LogP contribution in [0.1, 0.15) is 43.0 Å². The van der Waals surface area contributed by atoms with E-state index in [2.05, 4.69) is 22.4 Å². The molecule has 0 saturated carbocycles. The van der Waals surface area contributed by atoms with E-state index in [-0.39, 0.29) is 5.91 Å². The standard InChI is InChI=1S/C14H20N4O/c1-2-18(14(19)10-5-6-15-16-9-10)13-7-11-3-4-12(8-13)17-11/h5-6,9,11-13,17H,2-4,7-8H2,1H3. The summed E-state index contributed by atoms with van der Waals surface area (Å²) in [4.78, 5) is 14.5. The van der Waals surface area contributed by atoms with Crippen LogP contribution in [-0.4, -0.2) is 45.7 Å². The van der Waals surface area contributed by atoms with E-state index in [9.17, 15) is 4.79 Å². The van der Waals surface area contributed by atoms with Crippen molar-refractivity contribution in [3.8, 4) is 0 Å². The van der Waals surface area contributed by atoms with Gasteiger partial charge in [0, 0.05) is 24.7 Å². The summed E-state index contributed by atoms with van der Waals surface area (Å²) in [6.45, 7) is 2.81. The zero-order valence-corrected chi connectivity index (χ0v) is 11.2. The fraction of sp³-hybridized carbons (Fsp3) is 0.643. The minimum atomic E-state index is 0.0868. The molecule has 2 bridgehead atoms. The highest BCUT2D eigenvalue weighted by Crippen LogP contribution is 2.30. The van der Waals surface area contributed by atoms with Gasteiger partial charge in [-0.1, -0.05) is 0 Å². The van der Waals surface area contributed by atoms with Gasteiger partial charge in [0.2, 0.25) is 0 Å². The average molecular weight is 260 g/mol. The highest BCUT2D eigenvalue weighted by Gasteiger charge is 2.37. The molecule has 1 aromatic heterocycles. The number of piperidine rings is 1. The molecule has 3 heterocycles. The molecule has 2 atom stereocenters. The lowest BCUT2D eigenvalue weighted by Gasteiger charge is -2.37. The fourth-order valence-electron chi connectivity index (χ4n) is 3.43. The van der Waals surface area contributed by atoms with Crippen molar-refractivity contribution in [1.82, 2.24) is 20.4 Å². The van der Waals surface area contributed by atoms with E-state index < -0.39 is 0 Å². The second kappa shape index (κ2) is 5.25. The minimum absolute atomic E-state index is 0.0868. The smallest absolute Gasteiger partial charge is 0.255 e. The number of nitrogens with one attached hydrogen (secondary N) is 1. The lowest BCUT2D eigenvalue weighted by Crippen LogP contribution is -2.50. The van der Waals surface area contributed by atoms with Gasteiger partial charge in [0.25, 0.3) is 5.91 Å². The molecule has 2 aliphatic rings. The van der Waals surface area contributed by atoms with E-state index in [1.807, 2.05) is 4.90 Å². The van der Waals surface area contributed by atoms with Crippen molar-refractivity contribution in [1.29, 1.82) is 0 Å². The minimum Gasteiger partial charge on any atom is -0.336 e. The molecule has 0 spiro atoms. The summed E-state index contributed by atoms with van der Waals surface area (Å²) < 4.78 is 0. The molecule has 1 N–H and O–H groups in total. The number of rotatable bonds is 3. The molecule has 5 nitrogen and oxygen atoms in total. The molecule has 19 heavy (non-hydrogen) atoms. The maximum Gasteiger partial charge on any atom is 0.255 e. The molecule has 1 amide bonds. The molecule has 0 radical (unpaired) electrons. The molecule has 0 aliphatic carbocycles. The molecule has 5 heteroatoms. The van der Waals surface area contributed by atoms with Gasteiger partial charge < -0.3 is 10.2 Å². The predicted molar refractivity (Wildman–Crippen MR) is 71.7 cm³/mol. The van der Waals surface area contributed by atoms with Gasteiger partial charge in [-0.2, -0.15) is 10.2 Å². The van der Waals surface area contributed by atoms with E-state index in [4.69, 9.17) is 0 Å². The Bertz CT molecular complexity index is 438. The van der Waals surface area contributed by atoms with Gasteiger partial charge in [0.15, 0.2) is 0 Å². The molecule has 0 aromatic carbocycles. The SMILES string of the molecule is CCN(C(=O)c1ccnnc1)C1CC2CCC(C1)N2. The Morgan fingerprint density at radius 1 is 1.37 bits per heavy atom. The van der Waals surface area contributed by atoms with Gasteiger partial charge in [0.05, 0.1) is 18.0 Å². The van der Waals surface area contributed by atoms with E-state index in [0.29, 0.717) is 23.7 Å². The Labute approximate surface area is 113 Å². The molecular weight excluding hydrogens is 240 g/mol. The van der Waals surface area contributed by atoms with Crippen molar-refractivity contribution in [2.45, 2.75) is 50.7 Å². The van der Waals surface area contributed by atoms with Crippen molar-refractivity contribution in [2.75, 3.05) is 6.54 Å². The van der Waals surface area contributed by atoms with Gasteiger partial charge in [-0.05, 0) is 38.7 Å². The molecule has 2 unspecified atom stereocenters. The number of amides is 1. The monoisotopic (exact) mass is 260 g/mol. The number of hydrogen-bond donors (Lipinski definition) is 1. The number of hydrogen-bond acceptors (Lipinski definition) is 4. The summed E-state index contributed by atoms with van der Waals surface area (Å²) in [7, 11) is 0. The van der Waals surface area contributed by atoms with Crippen LogP contribution in [0.3, 0.4) is 0 Å². The van der Waals surface area contributed by atoms with Crippen LogP contribution >= 0.6 is 0 Å². The van der Waals surface area contributed by atoms with E-state index >= 15 is 0 Å². The summed E-state index contributed by atoms with van der Waals surface area (Å²) in [5, 5.41) is 11.1. The number of nitrogens with zero attached hydrogens (tertiary/aromatic N) is 3. The molecular formula is C14H20N4O. The van der Waals surface area contributed by atoms with Crippen LogP contribution in [0, 0.1) is 0 Å². The Morgan fingerprint density at radius 2 is 2.11 bits per heavy atom. The van der Waals surface area contributed by atoms with Crippen molar-refractivity contribution >= 4 is 5.91 Å². The highest BCUT2D eigenvalue weighted by atomic mass is 16.2. The Balaban J connectivity index is 1.75. The maximum absolute atomic E-state index is 12.5. The highest BCUT2D eigenvalue weighted by molar-refractivity contribution is 5.94. The van der Waals surface area contributed by atoms with Gasteiger partial charge in [-0.15, -0.1) is 0 Å².